The predicted molar refractivity (Wildman–Crippen MR) is 54.3 cm³/mol. The fraction of sp³-hybridized carbons (Fsp3) is 0. The third-order valence-electron chi connectivity index (χ3n) is 1.65. The van der Waals surface area contributed by atoms with Crippen LogP contribution in [0.2, 0.25) is 5.02 Å². The summed E-state index contributed by atoms with van der Waals surface area (Å²) in [7, 11) is 0. The SMILES string of the molecule is N#CC(C#N)=CNc1c(F)ccc(F)c1Cl. The van der Waals surface area contributed by atoms with E-state index in [1.165, 1.54) is 0 Å². The minimum atomic E-state index is -0.797. The van der Waals surface area contributed by atoms with E-state index in [0.717, 1.165) is 18.3 Å². The monoisotopic (exact) mass is 239 g/mol. The molecule has 0 aliphatic heterocycles. The molecule has 3 nitrogen and oxygen atoms in total. The number of anilines is 1. The number of allylic oxidation sites excluding steroid dienone is 1. The number of hydrogen-bond donors (Lipinski definition) is 1. The molecule has 0 unspecified atom stereocenters. The van der Waals surface area contributed by atoms with Crippen LogP contribution in [0.4, 0.5) is 14.5 Å². The minimum Gasteiger partial charge on any atom is -0.356 e. The van der Waals surface area contributed by atoms with Gasteiger partial charge in [-0.15, -0.1) is 0 Å². The Morgan fingerprint density at radius 3 is 2.38 bits per heavy atom. The summed E-state index contributed by atoms with van der Waals surface area (Å²) in [4.78, 5) is 0. The summed E-state index contributed by atoms with van der Waals surface area (Å²) in [5.41, 5.74) is -0.593. The van der Waals surface area contributed by atoms with Gasteiger partial charge in [0.05, 0.1) is 5.69 Å². The van der Waals surface area contributed by atoms with E-state index < -0.39 is 16.7 Å². The summed E-state index contributed by atoms with van der Waals surface area (Å²) in [6, 6.07) is 4.87. The van der Waals surface area contributed by atoms with Crippen molar-refractivity contribution in [1.29, 1.82) is 10.5 Å². The maximum absolute atomic E-state index is 13.2. The van der Waals surface area contributed by atoms with Crippen molar-refractivity contribution >= 4 is 17.3 Å². The van der Waals surface area contributed by atoms with Crippen LogP contribution >= 0.6 is 11.6 Å². The van der Waals surface area contributed by atoms with Crippen molar-refractivity contribution in [2.45, 2.75) is 0 Å². The molecule has 1 aromatic rings. The summed E-state index contributed by atoms with van der Waals surface area (Å²) in [5, 5.41) is 18.7. The lowest BCUT2D eigenvalue weighted by Gasteiger charge is -2.05. The Hall–Kier alpha value is -2.11. The molecule has 0 saturated heterocycles. The van der Waals surface area contributed by atoms with E-state index in [4.69, 9.17) is 22.1 Å². The fourth-order valence-electron chi connectivity index (χ4n) is 0.893. The van der Waals surface area contributed by atoms with Gasteiger partial charge in [-0.1, -0.05) is 11.6 Å². The zero-order valence-corrected chi connectivity index (χ0v) is 8.52. The molecule has 0 aliphatic carbocycles. The molecular weight excluding hydrogens is 236 g/mol. The number of nitrogens with one attached hydrogen (secondary N) is 1. The van der Waals surface area contributed by atoms with Crippen molar-refractivity contribution in [3.63, 3.8) is 0 Å². The molecule has 1 N–H and O–H groups in total. The zero-order chi connectivity index (χ0) is 12.1. The van der Waals surface area contributed by atoms with Gasteiger partial charge in [-0.05, 0) is 12.1 Å². The quantitative estimate of drug-likeness (QED) is 0.638. The lowest BCUT2D eigenvalue weighted by molar-refractivity contribution is 0.604. The van der Waals surface area contributed by atoms with Gasteiger partial charge in [-0.2, -0.15) is 10.5 Å². The van der Waals surface area contributed by atoms with E-state index in [-0.39, 0.29) is 11.3 Å². The second kappa shape index (κ2) is 5.11. The van der Waals surface area contributed by atoms with E-state index in [1.807, 2.05) is 0 Å². The highest BCUT2D eigenvalue weighted by Crippen LogP contribution is 2.27. The van der Waals surface area contributed by atoms with E-state index in [0.29, 0.717) is 0 Å². The van der Waals surface area contributed by atoms with Gasteiger partial charge in [0.2, 0.25) is 0 Å². The molecule has 16 heavy (non-hydrogen) atoms. The van der Waals surface area contributed by atoms with Crippen LogP contribution in [0, 0.1) is 34.3 Å². The highest BCUT2D eigenvalue weighted by Gasteiger charge is 2.10. The molecule has 1 aromatic carbocycles. The first-order chi connectivity index (χ1) is 7.60. The molecular formula is C10H4ClF2N3. The van der Waals surface area contributed by atoms with Crippen LogP contribution in [0.1, 0.15) is 0 Å². The van der Waals surface area contributed by atoms with E-state index >= 15 is 0 Å². The number of hydrogen-bond acceptors (Lipinski definition) is 3. The standard InChI is InChI=1S/C10H4ClF2N3/c11-9-7(12)1-2-8(13)10(9)16-5-6(3-14)4-15/h1-2,5,16H. The first-order valence-corrected chi connectivity index (χ1v) is 4.38. The number of nitrogens with zero attached hydrogens (tertiary/aromatic N) is 2. The highest BCUT2D eigenvalue weighted by atomic mass is 35.5. The second-order valence-electron chi connectivity index (χ2n) is 2.64. The van der Waals surface area contributed by atoms with Crippen LogP contribution in [-0.4, -0.2) is 0 Å². The van der Waals surface area contributed by atoms with E-state index in [1.54, 1.807) is 12.1 Å². The van der Waals surface area contributed by atoms with Crippen LogP contribution in [0.25, 0.3) is 0 Å². The summed E-state index contributed by atoms with van der Waals surface area (Å²) < 4.78 is 26.1. The van der Waals surface area contributed by atoms with E-state index in [2.05, 4.69) is 5.32 Å². The molecule has 0 atom stereocenters. The minimum absolute atomic E-state index is 0.278. The van der Waals surface area contributed by atoms with Gasteiger partial charge in [0.1, 0.15) is 34.4 Å². The number of benzene rings is 1. The average molecular weight is 240 g/mol. The lowest BCUT2D eigenvalue weighted by Crippen LogP contribution is -1.96. The summed E-state index contributed by atoms with van der Waals surface area (Å²) in [6.45, 7) is 0. The Morgan fingerprint density at radius 2 is 1.81 bits per heavy atom. The maximum atomic E-state index is 13.2. The lowest BCUT2D eigenvalue weighted by atomic mass is 10.3. The fourth-order valence-corrected chi connectivity index (χ4v) is 1.10. The van der Waals surface area contributed by atoms with Crippen molar-refractivity contribution in [3.05, 3.63) is 40.6 Å². The van der Waals surface area contributed by atoms with Crippen molar-refractivity contribution in [2.24, 2.45) is 0 Å². The molecule has 0 aliphatic rings. The van der Waals surface area contributed by atoms with Gasteiger partial charge in [-0.3, -0.25) is 0 Å². The molecule has 0 heterocycles. The van der Waals surface area contributed by atoms with Crippen molar-refractivity contribution in [3.8, 4) is 12.1 Å². The topological polar surface area (TPSA) is 59.6 Å². The van der Waals surface area contributed by atoms with Crippen LogP contribution in [-0.2, 0) is 0 Å². The van der Waals surface area contributed by atoms with Gasteiger partial charge in [-0.25, -0.2) is 8.78 Å². The smallest absolute Gasteiger partial charge is 0.148 e. The second-order valence-corrected chi connectivity index (χ2v) is 3.02. The van der Waals surface area contributed by atoms with Gasteiger partial charge in [0.25, 0.3) is 0 Å². The Balaban J connectivity index is 3.09. The molecule has 0 amide bonds. The van der Waals surface area contributed by atoms with Crippen LogP contribution < -0.4 is 5.32 Å². The molecule has 0 bridgehead atoms. The Labute approximate surface area is 95.2 Å². The van der Waals surface area contributed by atoms with Crippen molar-refractivity contribution < 1.29 is 8.78 Å². The summed E-state index contributed by atoms with van der Waals surface area (Å²) in [6.07, 6.45) is 0.948. The maximum Gasteiger partial charge on any atom is 0.148 e. The molecule has 6 heteroatoms. The summed E-state index contributed by atoms with van der Waals surface area (Å²) in [5.74, 6) is -1.58. The molecule has 0 radical (unpaired) electrons. The molecule has 0 saturated carbocycles. The third-order valence-corrected chi connectivity index (χ3v) is 2.02. The number of rotatable bonds is 2. The Kier molecular flexibility index (Phi) is 3.82. The van der Waals surface area contributed by atoms with Gasteiger partial charge in [0, 0.05) is 6.20 Å². The summed E-state index contributed by atoms with van der Waals surface area (Å²) >= 11 is 5.50. The first kappa shape index (κ1) is 12.0. The molecule has 0 fully saturated rings. The normalized spacial score (nSPS) is 8.81. The molecule has 0 spiro atoms. The predicted octanol–water partition coefficient (Wildman–Crippen LogP) is 2.96. The zero-order valence-electron chi connectivity index (χ0n) is 7.76. The molecule has 1 rings (SSSR count). The van der Waals surface area contributed by atoms with Crippen LogP contribution in [0.5, 0.6) is 0 Å². The first-order valence-electron chi connectivity index (χ1n) is 4.00. The van der Waals surface area contributed by atoms with Gasteiger partial charge in [0.15, 0.2) is 0 Å². The van der Waals surface area contributed by atoms with Crippen LogP contribution in [0.15, 0.2) is 23.9 Å². The molecule has 0 aromatic heterocycles. The number of nitriles is 2. The van der Waals surface area contributed by atoms with Crippen molar-refractivity contribution in [2.75, 3.05) is 5.32 Å². The van der Waals surface area contributed by atoms with Gasteiger partial charge < -0.3 is 5.32 Å². The Morgan fingerprint density at radius 1 is 1.25 bits per heavy atom. The average Bonchev–Trinajstić information content (AvgIpc) is 2.29. The largest absolute Gasteiger partial charge is 0.356 e. The van der Waals surface area contributed by atoms with E-state index in [9.17, 15) is 8.78 Å². The van der Waals surface area contributed by atoms with Crippen LogP contribution in [0.3, 0.4) is 0 Å². The molecule has 80 valence electrons. The highest BCUT2D eigenvalue weighted by molar-refractivity contribution is 6.33. The van der Waals surface area contributed by atoms with Crippen molar-refractivity contribution in [1.82, 2.24) is 0 Å². The third kappa shape index (κ3) is 2.47. The number of halogens is 3. The van der Waals surface area contributed by atoms with Gasteiger partial charge >= 0.3 is 0 Å². The Bertz CT molecular complexity index is 510.